The predicted octanol–water partition coefficient (Wildman–Crippen LogP) is 1.97. The van der Waals surface area contributed by atoms with Crippen LogP contribution in [0.4, 0.5) is 5.82 Å². The fourth-order valence-electron chi connectivity index (χ4n) is 1.70. The molecule has 6 nitrogen and oxygen atoms in total. The number of rotatable bonds is 4. The molecule has 0 radical (unpaired) electrons. The number of tetrazole rings is 1. The van der Waals surface area contributed by atoms with E-state index in [4.69, 9.17) is 11.6 Å². The second-order valence-electron chi connectivity index (χ2n) is 5.49. The van der Waals surface area contributed by atoms with E-state index < -0.39 is 0 Å². The molecule has 1 unspecified atom stereocenters. The lowest BCUT2D eigenvalue weighted by Gasteiger charge is -2.22. The molecule has 0 aromatic carbocycles. The van der Waals surface area contributed by atoms with Crippen LogP contribution in [0.2, 0.25) is 0 Å². The van der Waals surface area contributed by atoms with Gasteiger partial charge in [0.2, 0.25) is 0 Å². The van der Waals surface area contributed by atoms with Crippen LogP contribution in [0.5, 0.6) is 0 Å². The lowest BCUT2D eigenvalue weighted by molar-refractivity contribution is 0.373. The van der Waals surface area contributed by atoms with Crippen molar-refractivity contribution in [3.05, 3.63) is 12.1 Å². The fraction of sp³-hybridized carbons (Fsp3) is 0.636. The molecule has 1 N–H and O–H groups in total. The maximum absolute atomic E-state index is 6.28. The van der Waals surface area contributed by atoms with Gasteiger partial charge in [-0.15, -0.1) is 26.4 Å². The molecule has 0 saturated carbocycles. The lowest BCUT2D eigenvalue weighted by Crippen LogP contribution is -2.21. The Morgan fingerprint density at radius 3 is 2.89 bits per heavy atom. The topological polar surface area (TPSA) is 68.0 Å². The summed E-state index contributed by atoms with van der Waals surface area (Å²) in [6.07, 6.45) is 0.939. The Hall–Kier alpha value is -1.43. The number of fused-ring (bicyclic) bond motifs is 1. The van der Waals surface area contributed by atoms with Crippen LogP contribution in [0.3, 0.4) is 0 Å². The zero-order valence-electron chi connectivity index (χ0n) is 10.8. The number of nitrogens with zero attached hydrogens (tertiary/aromatic N) is 5. The van der Waals surface area contributed by atoms with Crippen molar-refractivity contribution in [3.63, 3.8) is 0 Å². The number of hydrogen-bond acceptors (Lipinski definition) is 5. The van der Waals surface area contributed by atoms with Crippen molar-refractivity contribution in [1.82, 2.24) is 25.3 Å². The van der Waals surface area contributed by atoms with E-state index in [-0.39, 0.29) is 10.8 Å². The van der Waals surface area contributed by atoms with E-state index in [9.17, 15) is 0 Å². The first-order chi connectivity index (χ1) is 8.44. The summed E-state index contributed by atoms with van der Waals surface area (Å²) in [7, 11) is 0. The van der Waals surface area contributed by atoms with Crippen LogP contribution in [0.1, 0.15) is 27.2 Å². The largest absolute Gasteiger partial charge is 0.367 e. The van der Waals surface area contributed by atoms with Crippen LogP contribution in [0, 0.1) is 5.41 Å². The molecule has 2 heterocycles. The van der Waals surface area contributed by atoms with Crippen LogP contribution in [0.25, 0.3) is 5.65 Å². The molecule has 18 heavy (non-hydrogen) atoms. The van der Waals surface area contributed by atoms with Gasteiger partial charge in [-0.3, -0.25) is 0 Å². The molecular weight excluding hydrogens is 252 g/mol. The Bertz CT molecular complexity index is 517. The minimum atomic E-state index is 0.0661. The van der Waals surface area contributed by atoms with E-state index in [2.05, 4.69) is 46.7 Å². The second-order valence-corrected chi connectivity index (χ2v) is 6.11. The number of anilines is 1. The molecule has 0 bridgehead atoms. The summed E-state index contributed by atoms with van der Waals surface area (Å²) in [4.78, 5) is 0. The molecule has 0 aliphatic rings. The van der Waals surface area contributed by atoms with Crippen LogP contribution in [0.15, 0.2) is 12.1 Å². The average Bonchev–Trinajstić information content (AvgIpc) is 2.71. The van der Waals surface area contributed by atoms with Gasteiger partial charge in [0.15, 0.2) is 5.65 Å². The lowest BCUT2D eigenvalue weighted by atomic mass is 9.90. The smallest absolute Gasteiger partial charge is 0.200 e. The molecule has 0 spiro atoms. The molecule has 7 heteroatoms. The summed E-state index contributed by atoms with van der Waals surface area (Å²) in [5, 5.41) is 18.5. The number of hydrogen-bond donors (Lipinski definition) is 1. The third kappa shape index (κ3) is 3.53. The summed E-state index contributed by atoms with van der Waals surface area (Å²) in [6, 6.07) is 3.65. The maximum Gasteiger partial charge on any atom is 0.200 e. The molecule has 0 amide bonds. The van der Waals surface area contributed by atoms with Gasteiger partial charge in [0.1, 0.15) is 5.82 Å². The number of halogens is 1. The summed E-state index contributed by atoms with van der Waals surface area (Å²) < 4.78 is 1.38. The first kappa shape index (κ1) is 13.0. The molecule has 2 aromatic rings. The zero-order valence-corrected chi connectivity index (χ0v) is 11.5. The maximum atomic E-state index is 6.28. The quantitative estimate of drug-likeness (QED) is 0.859. The van der Waals surface area contributed by atoms with E-state index >= 15 is 0 Å². The SMILES string of the molecule is CC(C)(C)CC(Cl)CNc1ccc2nnnn2n1. The van der Waals surface area contributed by atoms with Crippen LogP contribution in [-0.4, -0.2) is 37.2 Å². The Labute approximate surface area is 111 Å². The highest BCUT2D eigenvalue weighted by Crippen LogP contribution is 2.23. The summed E-state index contributed by atoms with van der Waals surface area (Å²) in [6.45, 7) is 7.19. The van der Waals surface area contributed by atoms with Gasteiger partial charge in [0.25, 0.3) is 0 Å². The monoisotopic (exact) mass is 268 g/mol. The van der Waals surface area contributed by atoms with Crippen molar-refractivity contribution in [2.45, 2.75) is 32.6 Å². The molecule has 2 aromatic heterocycles. The molecule has 0 aliphatic heterocycles. The molecular formula is C11H17ClN6. The van der Waals surface area contributed by atoms with Gasteiger partial charge in [-0.1, -0.05) is 20.8 Å². The van der Waals surface area contributed by atoms with Crippen LogP contribution >= 0.6 is 11.6 Å². The van der Waals surface area contributed by atoms with Gasteiger partial charge >= 0.3 is 0 Å². The van der Waals surface area contributed by atoms with E-state index in [1.165, 1.54) is 4.63 Å². The predicted molar refractivity (Wildman–Crippen MR) is 70.8 cm³/mol. The molecule has 0 fully saturated rings. The fourth-order valence-corrected chi connectivity index (χ4v) is 2.24. The zero-order chi connectivity index (χ0) is 13.2. The highest BCUT2D eigenvalue weighted by Gasteiger charge is 2.16. The van der Waals surface area contributed by atoms with Gasteiger partial charge in [0, 0.05) is 6.54 Å². The Balaban J connectivity index is 1.93. The van der Waals surface area contributed by atoms with Gasteiger partial charge in [-0.25, -0.2) is 0 Å². The van der Waals surface area contributed by atoms with Gasteiger partial charge < -0.3 is 5.32 Å². The number of aromatic nitrogens is 5. The summed E-state index contributed by atoms with van der Waals surface area (Å²) in [5.41, 5.74) is 0.846. The highest BCUT2D eigenvalue weighted by atomic mass is 35.5. The third-order valence-corrected chi connectivity index (χ3v) is 2.72. The Morgan fingerprint density at radius 2 is 2.17 bits per heavy atom. The minimum Gasteiger partial charge on any atom is -0.367 e. The highest BCUT2D eigenvalue weighted by molar-refractivity contribution is 6.20. The van der Waals surface area contributed by atoms with Crippen molar-refractivity contribution in [2.75, 3.05) is 11.9 Å². The molecule has 0 saturated heterocycles. The van der Waals surface area contributed by atoms with Crippen LogP contribution < -0.4 is 5.32 Å². The van der Waals surface area contributed by atoms with Gasteiger partial charge in [-0.2, -0.15) is 0 Å². The normalized spacial score (nSPS) is 13.8. The van der Waals surface area contributed by atoms with Crippen molar-refractivity contribution < 1.29 is 0 Å². The van der Waals surface area contributed by atoms with E-state index in [1.807, 2.05) is 12.1 Å². The standard InChI is InChI=1S/C11H17ClN6/c1-11(2,3)6-8(12)7-13-9-4-5-10-14-16-17-18(10)15-9/h4-5,8H,6-7H2,1-3H3,(H,13,15). The summed E-state index contributed by atoms with van der Waals surface area (Å²) in [5.74, 6) is 0.717. The second kappa shape index (κ2) is 5.06. The van der Waals surface area contributed by atoms with Crippen molar-refractivity contribution in [1.29, 1.82) is 0 Å². The van der Waals surface area contributed by atoms with E-state index in [1.54, 1.807) is 0 Å². The van der Waals surface area contributed by atoms with Crippen molar-refractivity contribution in [3.8, 4) is 0 Å². The molecule has 1 atom stereocenters. The van der Waals surface area contributed by atoms with E-state index in [0.29, 0.717) is 18.0 Å². The van der Waals surface area contributed by atoms with Crippen molar-refractivity contribution in [2.24, 2.45) is 5.41 Å². The number of alkyl halides is 1. The van der Waals surface area contributed by atoms with Gasteiger partial charge in [0.05, 0.1) is 5.38 Å². The van der Waals surface area contributed by atoms with E-state index in [0.717, 1.165) is 6.42 Å². The molecule has 0 aliphatic carbocycles. The van der Waals surface area contributed by atoms with Crippen molar-refractivity contribution >= 4 is 23.1 Å². The molecule has 2 rings (SSSR count). The molecule has 98 valence electrons. The average molecular weight is 269 g/mol. The Morgan fingerprint density at radius 1 is 1.39 bits per heavy atom. The summed E-state index contributed by atoms with van der Waals surface area (Å²) >= 11 is 6.28. The first-order valence-electron chi connectivity index (χ1n) is 5.87. The third-order valence-electron chi connectivity index (χ3n) is 2.41. The first-order valence-corrected chi connectivity index (χ1v) is 6.31. The number of nitrogens with one attached hydrogen (secondary N) is 1. The minimum absolute atomic E-state index is 0.0661. The Kier molecular flexibility index (Phi) is 3.65. The van der Waals surface area contributed by atoms with Gasteiger partial charge in [-0.05, 0) is 34.4 Å². The van der Waals surface area contributed by atoms with Crippen LogP contribution in [-0.2, 0) is 0 Å².